The van der Waals surface area contributed by atoms with Crippen LogP contribution in [0.1, 0.15) is 55.4 Å². The molecule has 0 heterocycles. The molecular weight excluding hydrogens is 292 g/mol. The second-order valence-corrected chi connectivity index (χ2v) is 7.03. The van der Waals surface area contributed by atoms with Crippen LogP contribution in [0.25, 0.3) is 6.08 Å². The van der Waals surface area contributed by atoms with E-state index in [0.717, 1.165) is 22.7 Å². The molecule has 24 heavy (non-hydrogen) atoms. The second-order valence-electron chi connectivity index (χ2n) is 7.03. The van der Waals surface area contributed by atoms with Crippen molar-refractivity contribution in [2.45, 2.75) is 53.9 Å². The fraction of sp³-hybridized carbons (Fsp3) is 0.391. The van der Waals surface area contributed by atoms with Gasteiger partial charge in [0.2, 0.25) is 0 Å². The molecule has 1 aromatic carbocycles. The third kappa shape index (κ3) is 4.08. The Hall–Kier alpha value is -2.02. The van der Waals surface area contributed by atoms with Crippen molar-refractivity contribution in [3.8, 4) is 0 Å². The molecule has 0 spiro atoms. The zero-order valence-corrected chi connectivity index (χ0v) is 15.8. The Kier molecular flexibility index (Phi) is 5.88. The van der Waals surface area contributed by atoms with Gasteiger partial charge in [0, 0.05) is 5.92 Å². The van der Waals surface area contributed by atoms with Gasteiger partial charge in [0.15, 0.2) is 0 Å². The van der Waals surface area contributed by atoms with Gasteiger partial charge in [-0.1, -0.05) is 43.4 Å². The highest BCUT2D eigenvalue weighted by Gasteiger charge is 2.25. The minimum absolute atomic E-state index is 0.524. The first kappa shape index (κ1) is 18.3. The average Bonchev–Trinajstić information content (AvgIpc) is 2.48. The summed E-state index contributed by atoms with van der Waals surface area (Å²) in [5.41, 5.74) is 7.33. The second kappa shape index (κ2) is 7.70. The van der Waals surface area contributed by atoms with Crippen LogP contribution >= 0.6 is 0 Å². The van der Waals surface area contributed by atoms with Gasteiger partial charge in [-0.25, -0.2) is 0 Å². The largest absolute Gasteiger partial charge is 0.462 e. The zero-order valence-electron chi connectivity index (χ0n) is 15.8. The Labute approximate surface area is 147 Å². The summed E-state index contributed by atoms with van der Waals surface area (Å²) in [5, 5.41) is 0. The van der Waals surface area contributed by atoms with Crippen LogP contribution in [0.5, 0.6) is 0 Å². The van der Waals surface area contributed by atoms with Crippen molar-refractivity contribution in [2.24, 2.45) is 5.92 Å². The van der Waals surface area contributed by atoms with Gasteiger partial charge in [0.05, 0.1) is 0 Å². The van der Waals surface area contributed by atoms with E-state index in [2.05, 4.69) is 66.0 Å². The van der Waals surface area contributed by atoms with Crippen LogP contribution in [0, 0.1) is 26.7 Å². The first-order valence-corrected chi connectivity index (χ1v) is 8.80. The third-order valence-corrected chi connectivity index (χ3v) is 5.07. The van der Waals surface area contributed by atoms with E-state index >= 15 is 0 Å². The molecule has 1 heteroatoms. The molecule has 1 aliphatic rings. The summed E-state index contributed by atoms with van der Waals surface area (Å²) >= 11 is 0. The molecule has 128 valence electrons. The Balaban J connectivity index is 2.24. The molecule has 0 aliphatic heterocycles. The number of allylic oxidation sites excluding steroid dienone is 4. The SMILES string of the molecule is C=C/C(C)=C(/OC(=C)/C(C)=C/c1cc(C)cc(C)c1C)C1CCC1. The highest BCUT2D eigenvalue weighted by Crippen LogP contribution is 2.37. The Morgan fingerprint density at radius 3 is 2.38 bits per heavy atom. The van der Waals surface area contributed by atoms with E-state index in [4.69, 9.17) is 4.74 Å². The molecule has 0 unspecified atom stereocenters. The lowest BCUT2D eigenvalue weighted by Crippen LogP contribution is -2.17. The van der Waals surface area contributed by atoms with Gasteiger partial charge in [-0.2, -0.15) is 0 Å². The Morgan fingerprint density at radius 1 is 1.17 bits per heavy atom. The van der Waals surface area contributed by atoms with Gasteiger partial charge >= 0.3 is 0 Å². The highest BCUT2D eigenvalue weighted by atomic mass is 16.5. The highest BCUT2D eigenvalue weighted by molar-refractivity contribution is 5.61. The summed E-state index contributed by atoms with van der Waals surface area (Å²) in [6, 6.07) is 4.44. The molecule has 0 bridgehead atoms. The monoisotopic (exact) mass is 322 g/mol. The van der Waals surface area contributed by atoms with Gasteiger partial charge < -0.3 is 4.74 Å². The standard InChI is InChI=1S/C23H30O/c1-8-16(3)23(21-10-9-11-21)24-20(7)18(5)14-22-13-15(2)12-17(4)19(22)6/h8,12-14,21H,1,7,9-11H2,2-6H3/b18-14+,23-16+. The lowest BCUT2D eigenvalue weighted by Gasteiger charge is -2.29. The fourth-order valence-corrected chi connectivity index (χ4v) is 3.01. The maximum atomic E-state index is 6.19. The molecule has 1 aromatic rings. The molecule has 0 aromatic heterocycles. The predicted molar refractivity (Wildman–Crippen MR) is 105 cm³/mol. The van der Waals surface area contributed by atoms with Crippen LogP contribution in [0.4, 0.5) is 0 Å². The Bertz CT molecular complexity index is 712. The molecule has 0 N–H and O–H groups in total. The molecular formula is C23H30O. The Morgan fingerprint density at radius 2 is 1.83 bits per heavy atom. The molecule has 0 saturated heterocycles. The summed E-state index contributed by atoms with van der Waals surface area (Å²) in [6.07, 6.45) is 7.75. The van der Waals surface area contributed by atoms with E-state index in [1.54, 1.807) is 0 Å². The van der Waals surface area contributed by atoms with Crippen molar-refractivity contribution in [2.75, 3.05) is 0 Å². The molecule has 2 rings (SSSR count). The quantitative estimate of drug-likeness (QED) is 0.413. The maximum absolute atomic E-state index is 6.19. The minimum atomic E-state index is 0.524. The van der Waals surface area contributed by atoms with Gasteiger partial charge in [-0.3, -0.25) is 0 Å². The summed E-state index contributed by atoms with van der Waals surface area (Å²) in [5.74, 6) is 2.30. The lowest BCUT2D eigenvalue weighted by atomic mass is 9.82. The summed E-state index contributed by atoms with van der Waals surface area (Å²) in [6.45, 7) is 18.7. The molecule has 0 radical (unpaired) electrons. The van der Waals surface area contributed by atoms with Crippen molar-refractivity contribution in [1.82, 2.24) is 0 Å². The van der Waals surface area contributed by atoms with Crippen molar-refractivity contribution < 1.29 is 4.74 Å². The summed E-state index contributed by atoms with van der Waals surface area (Å²) in [4.78, 5) is 0. The third-order valence-electron chi connectivity index (χ3n) is 5.07. The van der Waals surface area contributed by atoms with E-state index in [1.807, 2.05) is 6.08 Å². The van der Waals surface area contributed by atoms with E-state index in [-0.39, 0.29) is 0 Å². The van der Waals surface area contributed by atoms with Crippen molar-refractivity contribution in [3.63, 3.8) is 0 Å². The number of hydrogen-bond acceptors (Lipinski definition) is 1. The smallest absolute Gasteiger partial charge is 0.122 e. The van der Waals surface area contributed by atoms with Crippen molar-refractivity contribution >= 4 is 6.08 Å². The predicted octanol–water partition coefficient (Wildman–Crippen LogP) is 6.81. The number of aryl methyl sites for hydroxylation is 2. The van der Waals surface area contributed by atoms with E-state index in [1.165, 1.54) is 41.5 Å². The minimum Gasteiger partial charge on any atom is -0.462 e. The topological polar surface area (TPSA) is 9.23 Å². The van der Waals surface area contributed by atoms with E-state index in [9.17, 15) is 0 Å². The lowest BCUT2D eigenvalue weighted by molar-refractivity contribution is 0.204. The van der Waals surface area contributed by atoms with Crippen LogP contribution in [0.15, 0.2) is 54.0 Å². The number of benzene rings is 1. The van der Waals surface area contributed by atoms with Crippen LogP contribution in [0.3, 0.4) is 0 Å². The van der Waals surface area contributed by atoms with Crippen LogP contribution < -0.4 is 0 Å². The summed E-state index contributed by atoms with van der Waals surface area (Å²) in [7, 11) is 0. The normalized spacial score (nSPS) is 16.3. The van der Waals surface area contributed by atoms with Gasteiger partial charge in [0.1, 0.15) is 11.5 Å². The average molecular weight is 322 g/mol. The molecule has 1 aliphatic carbocycles. The first-order chi connectivity index (χ1) is 11.3. The number of hydrogen-bond donors (Lipinski definition) is 0. The number of rotatable bonds is 6. The van der Waals surface area contributed by atoms with E-state index in [0.29, 0.717) is 5.92 Å². The fourth-order valence-electron chi connectivity index (χ4n) is 3.01. The first-order valence-electron chi connectivity index (χ1n) is 8.80. The van der Waals surface area contributed by atoms with Crippen LogP contribution in [0.2, 0.25) is 0 Å². The van der Waals surface area contributed by atoms with Crippen LogP contribution in [-0.4, -0.2) is 0 Å². The maximum Gasteiger partial charge on any atom is 0.122 e. The summed E-state index contributed by atoms with van der Waals surface area (Å²) < 4.78 is 6.19. The zero-order chi connectivity index (χ0) is 17.9. The molecule has 0 atom stereocenters. The van der Waals surface area contributed by atoms with Gasteiger partial charge in [0.25, 0.3) is 0 Å². The van der Waals surface area contributed by atoms with Crippen molar-refractivity contribution in [1.29, 1.82) is 0 Å². The van der Waals surface area contributed by atoms with E-state index < -0.39 is 0 Å². The molecule has 1 nitrogen and oxygen atoms in total. The number of ether oxygens (including phenoxy) is 1. The van der Waals surface area contributed by atoms with Crippen LogP contribution in [-0.2, 0) is 4.74 Å². The van der Waals surface area contributed by atoms with Gasteiger partial charge in [-0.05, 0) is 81.4 Å². The molecule has 1 fully saturated rings. The van der Waals surface area contributed by atoms with Gasteiger partial charge in [-0.15, -0.1) is 0 Å². The van der Waals surface area contributed by atoms with Crippen molar-refractivity contribution in [3.05, 3.63) is 76.3 Å². The molecule has 1 saturated carbocycles. The molecule has 0 amide bonds.